The van der Waals surface area contributed by atoms with Gasteiger partial charge in [-0.05, 0) is 67.4 Å². The van der Waals surface area contributed by atoms with E-state index in [9.17, 15) is 55.2 Å². The first-order valence-corrected chi connectivity index (χ1v) is 32.3. The van der Waals surface area contributed by atoms with E-state index in [1.54, 1.807) is 27.7 Å². The van der Waals surface area contributed by atoms with E-state index >= 15 is 0 Å². The third-order valence-electron chi connectivity index (χ3n) is 19.2. The SMILES string of the molecule is CCCCC(=O)O[C@H]1[C@@H](O[C@@H]2O[C@H](COC)[C@@H](O[C@@H]3O[C@H](C)[C@H](OC)[C@H](O[C@H]4C[C@@]5(C)OC6(C[C@@H](O)[C@H](O[C@H]7C[C@@H](O)[C@H](OC(=O)c8c(C)c(Cl)c(O)c(Cl)c8O)[C@@H](C)O7)[C@@H](C)O6)O[C@@H]5[C@@H](C)O4)[C@H]3O)[C@H](O)[C@@H]2O)OC[C@@H]2O[C@]3(O[C@@H]12)O[C@H](C)[C@@](O)(C(C)=O)[C@@H]1OCO[C@H]13. The molecular weight excluding hydrogens is 1300 g/mol. The number of carbonyl (C=O) groups is 3. The second-order valence-corrected chi connectivity index (χ2v) is 26.6. The maximum atomic E-state index is 13.4. The Balaban J connectivity index is 0.717. The number of aliphatic hydroxyl groups is 6. The van der Waals surface area contributed by atoms with Crippen LogP contribution in [0.25, 0.3) is 0 Å². The summed E-state index contributed by atoms with van der Waals surface area (Å²) in [4.78, 5) is 39.5. The minimum absolute atomic E-state index is 0.00370. The van der Waals surface area contributed by atoms with Crippen LogP contribution in [0.5, 0.6) is 11.5 Å². The fourth-order valence-corrected chi connectivity index (χ4v) is 14.8. The van der Waals surface area contributed by atoms with Gasteiger partial charge in [-0.2, -0.15) is 0 Å². The van der Waals surface area contributed by atoms with Crippen molar-refractivity contribution in [2.24, 2.45) is 0 Å². The largest absolute Gasteiger partial charge is 0.505 e. The Bertz CT molecular complexity index is 2830. The lowest BCUT2D eigenvalue weighted by atomic mass is 9.81. The number of phenols is 2. The molecule has 1 aromatic rings. The molecule has 0 radical (unpaired) electrons. The fourth-order valence-electron chi connectivity index (χ4n) is 14.4. The van der Waals surface area contributed by atoms with Gasteiger partial charge in [0.05, 0.1) is 67.4 Å². The Morgan fingerprint density at radius 1 is 0.649 bits per heavy atom. The normalized spacial score (nSPS) is 47.7. The molecule has 1 aromatic carbocycles. The molecule has 0 aliphatic carbocycles. The Kier molecular flexibility index (Phi) is 21.7. The topological polar surface area (TPSA) is 407 Å². The smallest absolute Gasteiger partial charge is 0.342 e. The molecule has 11 rings (SSSR count). The van der Waals surface area contributed by atoms with Crippen LogP contribution in [0.3, 0.4) is 0 Å². The molecule has 31 atom stereocenters. The molecule has 0 bridgehead atoms. The Hall–Kier alpha value is -2.99. The van der Waals surface area contributed by atoms with Crippen molar-refractivity contribution in [2.45, 2.75) is 290 Å². The van der Waals surface area contributed by atoms with Gasteiger partial charge in [-0.1, -0.05) is 36.5 Å². The zero-order valence-corrected chi connectivity index (χ0v) is 55.1. The first-order valence-electron chi connectivity index (χ1n) is 31.5. The molecule has 10 aliphatic heterocycles. The number of esters is 2. The Morgan fingerprint density at radius 2 is 1.34 bits per heavy atom. The number of Topliss-reactive ketones (excluding diaryl/α,β-unsaturated/α-hetero) is 1. The molecule has 8 N–H and O–H groups in total. The van der Waals surface area contributed by atoms with Crippen LogP contribution in [0.2, 0.25) is 10.0 Å². The molecule has 0 amide bonds. The molecule has 10 fully saturated rings. The van der Waals surface area contributed by atoms with Gasteiger partial charge in [0.2, 0.25) is 6.29 Å². The number of fused-ring (bicyclic) bond motifs is 4. The van der Waals surface area contributed by atoms with Crippen LogP contribution < -0.4 is 0 Å². The van der Waals surface area contributed by atoms with Gasteiger partial charge in [-0.15, -0.1) is 0 Å². The summed E-state index contributed by atoms with van der Waals surface area (Å²) in [5.41, 5.74) is -3.78. The summed E-state index contributed by atoms with van der Waals surface area (Å²) >= 11 is 12.1. The summed E-state index contributed by atoms with van der Waals surface area (Å²) < 4.78 is 129. The van der Waals surface area contributed by atoms with Crippen molar-refractivity contribution in [1.29, 1.82) is 0 Å². The number of hydrogen-bond donors (Lipinski definition) is 8. The quantitative estimate of drug-likeness (QED) is 0.0934. The molecular formula is C60H86Cl2O32. The Labute approximate surface area is 550 Å². The highest BCUT2D eigenvalue weighted by molar-refractivity contribution is 6.39. The molecule has 94 heavy (non-hydrogen) atoms. The van der Waals surface area contributed by atoms with Crippen molar-refractivity contribution in [1.82, 2.24) is 0 Å². The molecule has 0 aromatic heterocycles. The minimum Gasteiger partial charge on any atom is -0.505 e. The van der Waals surface area contributed by atoms with Crippen molar-refractivity contribution >= 4 is 40.9 Å². The number of phenolic OH excluding ortho intramolecular Hbond substituents is 2. The molecule has 0 saturated carbocycles. The third kappa shape index (κ3) is 13.3. The fraction of sp³-hybridized carbons (Fsp3) is 0.850. The van der Waals surface area contributed by atoms with Crippen LogP contribution in [0.15, 0.2) is 0 Å². The van der Waals surface area contributed by atoms with Crippen LogP contribution in [-0.2, 0) is 109 Å². The average Bonchev–Trinajstić information content (AvgIpc) is 1.52. The highest BCUT2D eigenvalue weighted by Crippen LogP contribution is 2.53. The van der Waals surface area contributed by atoms with Gasteiger partial charge in [0.25, 0.3) is 5.97 Å². The number of halogens is 2. The van der Waals surface area contributed by atoms with Gasteiger partial charge in [0.15, 0.2) is 66.4 Å². The van der Waals surface area contributed by atoms with Gasteiger partial charge in [0, 0.05) is 33.5 Å². The van der Waals surface area contributed by atoms with Crippen LogP contribution in [-0.4, -0.2) is 282 Å². The van der Waals surface area contributed by atoms with E-state index in [4.69, 9.17) is 123 Å². The van der Waals surface area contributed by atoms with E-state index in [-0.39, 0.29) is 56.3 Å². The molecule has 32 nitrogen and oxygen atoms in total. The lowest BCUT2D eigenvalue weighted by molar-refractivity contribution is -0.428. The zero-order valence-electron chi connectivity index (χ0n) is 53.6. The standard InChI is InChI=1S/C60H86Cl2O32/c1-12-13-14-32(66)83-49-47-31(91-60(92-47)52-51(77-20-78-52)59(73,26(7)63)27(8)90-60)19-76-56(49)88-54-41(70)40(69)46(30(82-54)18-74-10)87-55-42(71)48(45(75-11)23(4)81-55)85-34-17-57(9)50(25(6)80-34)93-58(94-57)16-29(65)44(24(5)89-58)84-33-15-28(64)43(22(3)79-33)86-53(72)35-21(2)36(61)39(68)37(62)38(35)67/h22-25,27-31,33-34,40-52,54-56,64-65,67-71,73H,12-20H2,1-11H3/t22-,23-,24-,25-,27-,28-,29-,30-,31+,33+,34+,40-,41+,42-,43-,44-,45+,46-,47-,48-,49-,50-,51-,52-,54+,55+,56-,57-,58?,59+,60-/m1/s1. The predicted molar refractivity (Wildman–Crippen MR) is 308 cm³/mol. The number of carbonyl (C=O) groups excluding carboxylic acids is 3. The summed E-state index contributed by atoms with van der Waals surface area (Å²) in [5, 5.41) is 90.4. The van der Waals surface area contributed by atoms with Crippen LogP contribution in [0, 0.1) is 6.92 Å². The first-order chi connectivity index (χ1) is 44.4. The predicted octanol–water partition coefficient (Wildman–Crippen LogP) is 0.629. The summed E-state index contributed by atoms with van der Waals surface area (Å²) in [6, 6.07) is 0. The number of ketones is 1. The summed E-state index contributed by atoms with van der Waals surface area (Å²) in [7, 11) is 2.75. The molecule has 10 saturated heterocycles. The van der Waals surface area contributed by atoms with Gasteiger partial charge in [-0.3, -0.25) is 9.59 Å². The number of hydrogen-bond acceptors (Lipinski definition) is 32. The van der Waals surface area contributed by atoms with Crippen LogP contribution in [0.4, 0.5) is 0 Å². The van der Waals surface area contributed by atoms with E-state index in [1.165, 1.54) is 41.9 Å². The van der Waals surface area contributed by atoms with Crippen molar-refractivity contribution in [3.63, 3.8) is 0 Å². The second kappa shape index (κ2) is 28.2. The molecule has 2 spiro atoms. The minimum atomic E-state index is -2.14. The number of rotatable bonds is 18. The van der Waals surface area contributed by atoms with Crippen molar-refractivity contribution in [3.05, 3.63) is 21.2 Å². The number of aromatic hydroxyl groups is 2. The van der Waals surface area contributed by atoms with Gasteiger partial charge >= 0.3 is 17.9 Å². The van der Waals surface area contributed by atoms with Gasteiger partial charge < -0.3 is 140 Å². The molecule has 1 unspecified atom stereocenters. The summed E-state index contributed by atoms with van der Waals surface area (Å²) in [5.74, 6) is -7.69. The highest BCUT2D eigenvalue weighted by atomic mass is 35.5. The second-order valence-electron chi connectivity index (χ2n) is 25.8. The van der Waals surface area contributed by atoms with E-state index in [1.807, 2.05) is 6.92 Å². The molecule has 10 aliphatic rings. The van der Waals surface area contributed by atoms with Crippen LogP contribution >= 0.6 is 23.2 Å². The maximum absolute atomic E-state index is 13.4. The molecule has 10 heterocycles. The van der Waals surface area contributed by atoms with E-state index in [2.05, 4.69) is 0 Å². The molecule has 532 valence electrons. The summed E-state index contributed by atoms with van der Waals surface area (Å²) in [6.07, 6.45) is -33.7. The van der Waals surface area contributed by atoms with Crippen molar-refractivity contribution in [3.8, 4) is 11.5 Å². The monoisotopic (exact) mass is 1390 g/mol. The van der Waals surface area contributed by atoms with Crippen LogP contribution in [0.1, 0.15) is 110 Å². The number of ether oxygens (including phenoxy) is 21. The lowest BCUT2D eigenvalue weighted by Crippen LogP contribution is -2.72. The summed E-state index contributed by atoms with van der Waals surface area (Å²) in [6.45, 7) is 13.3. The number of aliphatic hydroxyl groups excluding tert-OH is 5. The lowest BCUT2D eigenvalue weighted by Gasteiger charge is -2.49. The van der Waals surface area contributed by atoms with Crippen molar-refractivity contribution < 1.29 is 155 Å². The van der Waals surface area contributed by atoms with E-state index in [0.29, 0.717) is 12.8 Å². The molecule has 34 heteroatoms. The highest BCUT2D eigenvalue weighted by Gasteiger charge is 2.73. The zero-order chi connectivity index (χ0) is 68.0. The number of unbranched alkanes of at least 4 members (excludes halogenated alkanes) is 1. The Morgan fingerprint density at radius 3 is 2.02 bits per heavy atom. The average molecular weight is 1390 g/mol. The maximum Gasteiger partial charge on any atom is 0.342 e. The van der Waals surface area contributed by atoms with Crippen molar-refractivity contribution in [2.75, 3.05) is 34.2 Å². The van der Waals surface area contributed by atoms with E-state index < -0.39 is 229 Å². The van der Waals surface area contributed by atoms with E-state index in [0.717, 1.165) is 0 Å². The third-order valence-corrected chi connectivity index (χ3v) is 20.1. The number of methoxy groups -OCH3 is 2. The van der Waals surface area contributed by atoms with Gasteiger partial charge in [0.1, 0.15) is 96.2 Å². The number of benzene rings is 1. The van der Waals surface area contributed by atoms with Gasteiger partial charge in [-0.25, -0.2) is 4.79 Å². The first kappa shape index (κ1) is 72.3.